The van der Waals surface area contributed by atoms with Crippen LogP contribution in [-0.4, -0.2) is 13.1 Å². The van der Waals surface area contributed by atoms with Crippen molar-refractivity contribution in [2.24, 2.45) is 17.8 Å². The molecule has 1 aliphatic carbocycles. The molecular weight excluding hydrogens is 194 g/mol. The first-order valence-electron chi connectivity index (χ1n) is 7.44. The Hall–Kier alpha value is -0.0400. The minimum atomic E-state index is 0.887. The van der Waals surface area contributed by atoms with Crippen molar-refractivity contribution in [1.82, 2.24) is 5.32 Å². The first-order chi connectivity index (χ1) is 7.74. The van der Waals surface area contributed by atoms with Crippen molar-refractivity contribution < 1.29 is 0 Å². The second kappa shape index (κ2) is 8.11. The van der Waals surface area contributed by atoms with Crippen LogP contribution in [-0.2, 0) is 0 Å². The standard InChI is InChI=1S/C15H31N/c1-4-11-16-12-15-10-6-9-14(15)8-5-7-13(2)3/h13-16H,4-12H2,1-3H3. The molecule has 0 aromatic heterocycles. The van der Waals surface area contributed by atoms with Gasteiger partial charge in [0.2, 0.25) is 0 Å². The van der Waals surface area contributed by atoms with Gasteiger partial charge in [0, 0.05) is 0 Å². The largest absolute Gasteiger partial charge is 0.316 e. The van der Waals surface area contributed by atoms with E-state index in [1.54, 1.807) is 0 Å². The van der Waals surface area contributed by atoms with E-state index >= 15 is 0 Å². The Kier molecular flexibility index (Phi) is 7.11. The monoisotopic (exact) mass is 225 g/mol. The Labute approximate surface area is 102 Å². The normalized spacial score (nSPS) is 25.5. The average molecular weight is 225 g/mol. The van der Waals surface area contributed by atoms with Crippen LogP contribution in [0.15, 0.2) is 0 Å². The second-order valence-electron chi connectivity index (χ2n) is 5.98. The van der Waals surface area contributed by atoms with Gasteiger partial charge in [0.25, 0.3) is 0 Å². The molecule has 0 amide bonds. The molecule has 1 rings (SSSR count). The predicted molar refractivity (Wildman–Crippen MR) is 72.7 cm³/mol. The van der Waals surface area contributed by atoms with Crippen LogP contribution in [0, 0.1) is 17.8 Å². The highest BCUT2D eigenvalue weighted by Gasteiger charge is 2.26. The molecule has 0 radical (unpaired) electrons. The summed E-state index contributed by atoms with van der Waals surface area (Å²) in [5.74, 6) is 2.90. The molecule has 0 bridgehead atoms. The summed E-state index contributed by atoms with van der Waals surface area (Å²) in [6.07, 6.45) is 10.1. The Morgan fingerprint density at radius 1 is 1.19 bits per heavy atom. The van der Waals surface area contributed by atoms with E-state index in [1.165, 1.54) is 58.0 Å². The number of rotatable bonds is 8. The van der Waals surface area contributed by atoms with Gasteiger partial charge in [-0.15, -0.1) is 0 Å². The molecule has 0 saturated heterocycles. The minimum absolute atomic E-state index is 0.887. The maximum atomic E-state index is 3.61. The lowest BCUT2D eigenvalue weighted by Crippen LogP contribution is -2.25. The fourth-order valence-electron chi connectivity index (χ4n) is 3.01. The Bertz CT molecular complexity index is 165. The van der Waals surface area contributed by atoms with E-state index in [1.807, 2.05) is 0 Å². The first kappa shape index (κ1) is 14.0. The Morgan fingerprint density at radius 2 is 1.94 bits per heavy atom. The fourth-order valence-corrected chi connectivity index (χ4v) is 3.01. The van der Waals surface area contributed by atoms with E-state index in [-0.39, 0.29) is 0 Å². The van der Waals surface area contributed by atoms with Crippen LogP contribution in [0.25, 0.3) is 0 Å². The summed E-state index contributed by atoms with van der Waals surface area (Å²) >= 11 is 0. The molecule has 16 heavy (non-hydrogen) atoms. The second-order valence-corrected chi connectivity index (χ2v) is 5.98. The summed E-state index contributed by atoms with van der Waals surface area (Å²) in [5, 5.41) is 3.61. The van der Waals surface area contributed by atoms with Gasteiger partial charge in [-0.2, -0.15) is 0 Å². The van der Waals surface area contributed by atoms with Crippen molar-refractivity contribution in [3.8, 4) is 0 Å². The highest BCUT2D eigenvalue weighted by atomic mass is 14.9. The molecule has 2 atom stereocenters. The van der Waals surface area contributed by atoms with Crippen LogP contribution in [0.1, 0.15) is 65.7 Å². The van der Waals surface area contributed by atoms with Crippen LogP contribution in [0.5, 0.6) is 0 Å². The molecule has 0 aromatic carbocycles. The van der Waals surface area contributed by atoms with Crippen LogP contribution in [0.3, 0.4) is 0 Å². The van der Waals surface area contributed by atoms with Gasteiger partial charge in [-0.3, -0.25) is 0 Å². The summed E-state index contributed by atoms with van der Waals surface area (Å²) in [4.78, 5) is 0. The molecule has 0 aliphatic heterocycles. The van der Waals surface area contributed by atoms with E-state index in [0.717, 1.165) is 17.8 Å². The Morgan fingerprint density at radius 3 is 2.62 bits per heavy atom. The Balaban J connectivity index is 2.13. The van der Waals surface area contributed by atoms with E-state index < -0.39 is 0 Å². The van der Waals surface area contributed by atoms with E-state index in [4.69, 9.17) is 0 Å². The average Bonchev–Trinajstić information content (AvgIpc) is 2.66. The molecule has 0 spiro atoms. The summed E-state index contributed by atoms with van der Waals surface area (Å²) in [6, 6.07) is 0. The van der Waals surface area contributed by atoms with Crippen LogP contribution < -0.4 is 5.32 Å². The highest BCUT2D eigenvalue weighted by molar-refractivity contribution is 4.79. The predicted octanol–water partition coefficient (Wildman–Crippen LogP) is 4.23. The molecule has 1 nitrogen and oxygen atoms in total. The van der Waals surface area contributed by atoms with Gasteiger partial charge < -0.3 is 5.32 Å². The zero-order valence-corrected chi connectivity index (χ0v) is 11.6. The first-order valence-corrected chi connectivity index (χ1v) is 7.44. The molecule has 0 heterocycles. The zero-order valence-electron chi connectivity index (χ0n) is 11.6. The zero-order chi connectivity index (χ0) is 11.8. The molecule has 96 valence electrons. The number of nitrogens with one attached hydrogen (secondary N) is 1. The fraction of sp³-hybridized carbons (Fsp3) is 1.00. The summed E-state index contributed by atoms with van der Waals surface area (Å²) in [6.45, 7) is 9.42. The van der Waals surface area contributed by atoms with E-state index in [9.17, 15) is 0 Å². The van der Waals surface area contributed by atoms with Crippen LogP contribution in [0.4, 0.5) is 0 Å². The molecule has 1 heteroatoms. The van der Waals surface area contributed by atoms with Gasteiger partial charge in [-0.1, -0.05) is 52.9 Å². The number of hydrogen-bond acceptors (Lipinski definition) is 1. The van der Waals surface area contributed by atoms with Gasteiger partial charge in [0.15, 0.2) is 0 Å². The lowest BCUT2D eigenvalue weighted by molar-refractivity contribution is 0.331. The summed E-state index contributed by atoms with van der Waals surface area (Å²) in [5.41, 5.74) is 0. The van der Waals surface area contributed by atoms with Crippen molar-refractivity contribution in [2.75, 3.05) is 13.1 Å². The van der Waals surface area contributed by atoms with Crippen molar-refractivity contribution in [1.29, 1.82) is 0 Å². The molecule has 1 N–H and O–H groups in total. The van der Waals surface area contributed by atoms with Gasteiger partial charge in [-0.05, 0) is 43.7 Å². The van der Waals surface area contributed by atoms with Crippen molar-refractivity contribution in [3.63, 3.8) is 0 Å². The van der Waals surface area contributed by atoms with Gasteiger partial charge in [0.05, 0.1) is 0 Å². The lowest BCUT2D eigenvalue weighted by Gasteiger charge is -2.20. The summed E-state index contributed by atoms with van der Waals surface area (Å²) in [7, 11) is 0. The third kappa shape index (κ3) is 5.34. The van der Waals surface area contributed by atoms with Gasteiger partial charge >= 0.3 is 0 Å². The van der Waals surface area contributed by atoms with Crippen LogP contribution >= 0.6 is 0 Å². The lowest BCUT2D eigenvalue weighted by atomic mass is 9.89. The van der Waals surface area contributed by atoms with Gasteiger partial charge in [-0.25, -0.2) is 0 Å². The maximum Gasteiger partial charge on any atom is -0.00179 e. The molecule has 0 aromatic rings. The molecule has 1 aliphatic rings. The quantitative estimate of drug-likeness (QED) is 0.610. The molecule has 1 fully saturated rings. The third-order valence-electron chi connectivity index (χ3n) is 4.01. The third-order valence-corrected chi connectivity index (χ3v) is 4.01. The highest BCUT2D eigenvalue weighted by Crippen LogP contribution is 2.35. The van der Waals surface area contributed by atoms with Crippen molar-refractivity contribution in [3.05, 3.63) is 0 Å². The minimum Gasteiger partial charge on any atom is -0.316 e. The maximum absolute atomic E-state index is 3.61. The SMILES string of the molecule is CCCNCC1CCCC1CCCC(C)C. The van der Waals surface area contributed by atoms with Gasteiger partial charge in [0.1, 0.15) is 0 Å². The molecular formula is C15H31N. The number of hydrogen-bond donors (Lipinski definition) is 1. The van der Waals surface area contributed by atoms with E-state index in [0.29, 0.717) is 0 Å². The summed E-state index contributed by atoms with van der Waals surface area (Å²) < 4.78 is 0. The topological polar surface area (TPSA) is 12.0 Å². The molecule has 2 unspecified atom stereocenters. The van der Waals surface area contributed by atoms with E-state index in [2.05, 4.69) is 26.1 Å². The molecule has 1 saturated carbocycles. The van der Waals surface area contributed by atoms with Crippen molar-refractivity contribution >= 4 is 0 Å². The smallest absolute Gasteiger partial charge is 0.00179 e. The van der Waals surface area contributed by atoms with Crippen LogP contribution in [0.2, 0.25) is 0 Å². The van der Waals surface area contributed by atoms with Crippen molar-refractivity contribution in [2.45, 2.75) is 65.7 Å².